The first kappa shape index (κ1) is 28.4. The summed E-state index contributed by atoms with van der Waals surface area (Å²) < 4.78 is 13.0. The van der Waals surface area contributed by atoms with E-state index in [1.165, 1.54) is 0 Å². The summed E-state index contributed by atoms with van der Waals surface area (Å²) in [7, 11) is 0. The first-order valence-electron chi connectivity index (χ1n) is 14.4. The Labute approximate surface area is 241 Å². The molecule has 9 heteroatoms. The SMILES string of the molecule is CCOC(=O)c1ccc(OCCCN2CCC(Nc3nc4c(C)cccc4n3Cc3nc(C)ccc3O)CC2)cc1. The van der Waals surface area contributed by atoms with Crippen molar-refractivity contribution < 1.29 is 19.4 Å². The van der Waals surface area contributed by atoms with Gasteiger partial charge in [-0.15, -0.1) is 0 Å². The van der Waals surface area contributed by atoms with Gasteiger partial charge in [-0.2, -0.15) is 0 Å². The van der Waals surface area contributed by atoms with Crippen molar-refractivity contribution in [2.75, 3.05) is 38.2 Å². The lowest BCUT2D eigenvalue weighted by molar-refractivity contribution is 0.0526. The van der Waals surface area contributed by atoms with Crippen molar-refractivity contribution in [3.63, 3.8) is 0 Å². The standard InChI is InChI=1S/C32H39N5O4/c1-4-40-31(39)24-10-12-26(13-11-24)41-20-6-17-36-18-15-25(16-19-36)34-32-35-30-22(2)7-5-8-28(30)37(32)21-27-29(38)14-9-23(3)33-27/h5,7-14,25,38H,4,6,15-21H2,1-3H3,(H,34,35). The van der Waals surface area contributed by atoms with E-state index in [1.54, 1.807) is 25.1 Å². The third-order valence-corrected chi connectivity index (χ3v) is 7.55. The number of piperidine rings is 1. The van der Waals surface area contributed by atoms with Crippen LogP contribution in [0.3, 0.4) is 0 Å². The van der Waals surface area contributed by atoms with Crippen molar-refractivity contribution in [1.29, 1.82) is 0 Å². The predicted molar refractivity (Wildman–Crippen MR) is 160 cm³/mol. The van der Waals surface area contributed by atoms with Crippen LogP contribution in [0.5, 0.6) is 11.5 Å². The first-order valence-corrected chi connectivity index (χ1v) is 14.4. The van der Waals surface area contributed by atoms with Gasteiger partial charge in [0.15, 0.2) is 0 Å². The lowest BCUT2D eigenvalue weighted by Crippen LogP contribution is -2.40. The zero-order chi connectivity index (χ0) is 28.8. The van der Waals surface area contributed by atoms with Crippen molar-refractivity contribution in [3.05, 3.63) is 77.1 Å². The number of esters is 1. The number of para-hydroxylation sites is 1. The van der Waals surface area contributed by atoms with Crippen LogP contribution in [0.2, 0.25) is 0 Å². The van der Waals surface area contributed by atoms with Crippen molar-refractivity contribution in [3.8, 4) is 11.5 Å². The number of fused-ring (bicyclic) bond motifs is 1. The maximum Gasteiger partial charge on any atom is 0.338 e. The molecule has 0 bridgehead atoms. The number of benzene rings is 2. The fraction of sp³-hybridized carbons (Fsp3) is 0.406. The molecule has 1 fully saturated rings. The van der Waals surface area contributed by atoms with Gasteiger partial charge in [0.2, 0.25) is 5.95 Å². The fourth-order valence-electron chi connectivity index (χ4n) is 5.29. The molecule has 216 valence electrons. The normalized spacial score (nSPS) is 14.3. The molecule has 0 aliphatic carbocycles. The molecule has 1 saturated heterocycles. The van der Waals surface area contributed by atoms with Crippen LogP contribution < -0.4 is 10.1 Å². The van der Waals surface area contributed by atoms with Crippen LogP contribution in [0.1, 0.15) is 53.5 Å². The molecule has 4 aromatic rings. The number of aromatic hydroxyl groups is 1. The Kier molecular flexibility index (Phi) is 9.04. The second-order valence-corrected chi connectivity index (χ2v) is 10.6. The molecule has 0 saturated carbocycles. The molecule has 5 rings (SSSR count). The fourth-order valence-corrected chi connectivity index (χ4v) is 5.29. The van der Waals surface area contributed by atoms with E-state index in [2.05, 4.69) is 38.8 Å². The van der Waals surface area contributed by atoms with E-state index >= 15 is 0 Å². The predicted octanol–water partition coefficient (Wildman–Crippen LogP) is 5.32. The molecule has 1 aliphatic rings. The van der Waals surface area contributed by atoms with Crippen LogP contribution in [0.15, 0.2) is 54.6 Å². The minimum absolute atomic E-state index is 0.196. The van der Waals surface area contributed by atoms with Crippen molar-refractivity contribution >= 4 is 23.0 Å². The van der Waals surface area contributed by atoms with E-state index < -0.39 is 0 Å². The number of hydrogen-bond donors (Lipinski definition) is 2. The Morgan fingerprint density at radius 2 is 1.83 bits per heavy atom. The zero-order valence-corrected chi connectivity index (χ0v) is 24.1. The number of anilines is 1. The molecular formula is C32H39N5O4. The van der Waals surface area contributed by atoms with Gasteiger partial charge in [-0.1, -0.05) is 12.1 Å². The number of hydrogen-bond acceptors (Lipinski definition) is 8. The number of pyridine rings is 1. The Balaban J connectivity index is 1.13. The number of ether oxygens (including phenoxy) is 2. The Morgan fingerprint density at radius 1 is 1.05 bits per heavy atom. The van der Waals surface area contributed by atoms with E-state index in [4.69, 9.17) is 14.5 Å². The summed E-state index contributed by atoms with van der Waals surface area (Å²) in [5.41, 5.74) is 5.17. The summed E-state index contributed by atoms with van der Waals surface area (Å²) in [5.74, 6) is 1.46. The van der Waals surface area contributed by atoms with Gasteiger partial charge < -0.3 is 29.4 Å². The average Bonchev–Trinajstić information content (AvgIpc) is 3.32. The number of carbonyl (C=O) groups is 1. The number of nitrogens with zero attached hydrogens (tertiary/aromatic N) is 4. The summed E-state index contributed by atoms with van der Waals surface area (Å²) in [6, 6.07) is 17.1. The van der Waals surface area contributed by atoms with Gasteiger partial charge in [0.25, 0.3) is 0 Å². The van der Waals surface area contributed by atoms with Crippen molar-refractivity contribution in [1.82, 2.24) is 19.4 Å². The molecule has 3 heterocycles. The number of aryl methyl sites for hydroxylation is 2. The van der Waals surface area contributed by atoms with Gasteiger partial charge in [-0.05, 0) is 88.1 Å². The number of nitrogens with one attached hydrogen (secondary N) is 1. The van der Waals surface area contributed by atoms with Gasteiger partial charge in [0.05, 0.1) is 36.4 Å². The van der Waals surface area contributed by atoms with Crippen LogP contribution in [0, 0.1) is 13.8 Å². The number of imidazole rings is 1. The lowest BCUT2D eigenvalue weighted by Gasteiger charge is -2.32. The van der Waals surface area contributed by atoms with Crippen LogP contribution in [-0.4, -0.2) is 69.4 Å². The Bertz CT molecular complexity index is 1480. The molecule has 0 unspecified atom stereocenters. The summed E-state index contributed by atoms with van der Waals surface area (Å²) in [6.45, 7) is 10.2. The quantitative estimate of drug-likeness (QED) is 0.189. The number of likely N-dealkylation sites (tertiary alicyclic amines) is 1. The number of aromatic nitrogens is 3. The number of rotatable bonds is 11. The lowest BCUT2D eigenvalue weighted by atomic mass is 10.1. The van der Waals surface area contributed by atoms with E-state index in [9.17, 15) is 9.90 Å². The minimum atomic E-state index is -0.313. The highest BCUT2D eigenvalue weighted by Crippen LogP contribution is 2.27. The molecule has 1 aliphatic heterocycles. The highest BCUT2D eigenvalue weighted by atomic mass is 16.5. The molecule has 2 aromatic carbocycles. The second kappa shape index (κ2) is 13.0. The molecule has 41 heavy (non-hydrogen) atoms. The van der Waals surface area contributed by atoms with E-state index in [1.807, 2.05) is 31.2 Å². The Hall–Kier alpha value is -4.11. The van der Waals surface area contributed by atoms with Crippen LogP contribution in [0.25, 0.3) is 11.0 Å². The van der Waals surface area contributed by atoms with Crippen molar-refractivity contribution in [2.24, 2.45) is 0 Å². The van der Waals surface area contributed by atoms with Gasteiger partial charge in [0, 0.05) is 31.4 Å². The molecule has 2 aromatic heterocycles. The molecule has 0 amide bonds. The van der Waals surface area contributed by atoms with Crippen LogP contribution >= 0.6 is 0 Å². The van der Waals surface area contributed by atoms with Crippen molar-refractivity contribution in [2.45, 2.75) is 52.6 Å². The summed E-state index contributed by atoms with van der Waals surface area (Å²) in [4.78, 5) is 23.8. The van der Waals surface area contributed by atoms with E-state index in [0.717, 1.165) is 72.9 Å². The van der Waals surface area contributed by atoms with Gasteiger partial charge in [0.1, 0.15) is 17.2 Å². The molecule has 9 nitrogen and oxygen atoms in total. The summed E-state index contributed by atoms with van der Waals surface area (Å²) in [6.07, 6.45) is 2.97. The number of carbonyl (C=O) groups excluding carboxylic acids is 1. The minimum Gasteiger partial charge on any atom is -0.506 e. The van der Waals surface area contributed by atoms with E-state index in [-0.39, 0.29) is 11.7 Å². The van der Waals surface area contributed by atoms with Gasteiger partial charge in [-0.3, -0.25) is 4.98 Å². The second-order valence-electron chi connectivity index (χ2n) is 10.6. The van der Waals surface area contributed by atoms with Gasteiger partial charge >= 0.3 is 5.97 Å². The topological polar surface area (TPSA) is 102 Å². The largest absolute Gasteiger partial charge is 0.506 e. The zero-order valence-electron chi connectivity index (χ0n) is 24.1. The monoisotopic (exact) mass is 557 g/mol. The molecule has 0 radical (unpaired) electrons. The first-order chi connectivity index (χ1) is 19.9. The van der Waals surface area contributed by atoms with Crippen LogP contribution in [-0.2, 0) is 11.3 Å². The smallest absolute Gasteiger partial charge is 0.338 e. The summed E-state index contributed by atoms with van der Waals surface area (Å²) >= 11 is 0. The third-order valence-electron chi connectivity index (χ3n) is 7.55. The highest BCUT2D eigenvalue weighted by Gasteiger charge is 2.22. The molecular weight excluding hydrogens is 518 g/mol. The third kappa shape index (κ3) is 6.97. The summed E-state index contributed by atoms with van der Waals surface area (Å²) in [5, 5.41) is 14.2. The molecule has 0 spiro atoms. The van der Waals surface area contributed by atoms with E-state index in [0.29, 0.717) is 37.1 Å². The molecule has 0 atom stereocenters. The maximum atomic E-state index is 11.8. The van der Waals surface area contributed by atoms with Crippen LogP contribution in [0.4, 0.5) is 5.95 Å². The Morgan fingerprint density at radius 3 is 2.59 bits per heavy atom. The maximum absolute atomic E-state index is 11.8. The highest BCUT2D eigenvalue weighted by molar-refractivity contribution is 5.89. The molecule has 2 N–H and O–H groups in total. The average molecular weight is 558 g/mol. The van der Waals surface area contributed by atoms with Gasteiger partial charge in [-0.25, -0.2) is 9.78 Å².